The maximum absolute atomic E-state index is 6.26. The number of nitrogen functional groups attached to an aromatic ring is 1. The van der Waals surface area contributed by atoms with E-state index in [-0.39, 0.29) is 6.04 Å². The van der Waals surface area contributed by atoms with E-state index in [1.165, 1.54) is 38.0 Å². The molecule has 1 unspecified atom stereocenters. The van der Waals surface area contributed by atoms with Gasteiger partial charge in [0, 0.05) is 41.1 Å². The van der Waals surface area contributed by atoms with Crippen molar-refractivity contribution in [1.29, 1.82) is 0 Å². The second-order valence-corrected chi connectivity index (χ2v) is 11.1. The largest absolute Gasteiger partial charge is 0.397 e. The van der Waals surface area contributed by atoms with Gasteiger partial charge in [0.15, 0.2) is 0 Å². The van der Waals surface area contributed by atoms with Crippen LogP contribution in [-0.4, -0.2) is 29.0 Å². The highest BCUT2D eigenvalue weighted by molar-refractivity contribution is 7.13. The van der Waals surface area contributed by atoms with Crippen molar-refractivity contribution >= 4 is 39.7 Å². The molecule has 0 aliphatic rings. The number of aromatic amines is 1. The first-order valence-electron chi connectivity index (χ1n) is 13.8. The van der Waals surface area contributed by atoms with E-state index >= 15 is 0 Å². The summed E-state index contributed by atoms with van der Waals surface area (Å²) < 4.78 is 0. The van der Waals surface area contributed by atoms with Crippen LogP contribution >= 0.6 is 11.3 Å². The summed E-state index contributed by atoms with van der Waals surface area (Å²) in [7, 11) is 0. The van der Waals surface area contributed by atoms with Crippen molar-refractivity contribution in [2.24, 2.45) is 0 Å². The fourth-order valence-corrected chi connectivity index (χ4v) is 5.75. The molecule has 4 nitrogen and oxygen atoms in total. The van der Waals surface area contributed by atoms with Crippen LogP contribution in [0.25, 0.3) is 27.4 Å². The summed E-state index contributed by atoms with van der Waals surface area (Å²) in [5, 5.41) is 6.99. The molecule has 0 bridgehead atoms. The van der Waals surface area contributed by atoms with Gasteiger partial charge in [0.05, 0.1) is 11.4 Å². The third kappa shape index (κ3) is 6.99. The lowest BCUT2D eigenvalue weighted by molar-refractivity contribution is 0.269. The number of nitrogens with one attached hydrogen (secondary N) is 2. The van der Waals surface area contributed by atoms with Crippen LogP contribution in [-0.2, 0) is 13.0 Å². The van der Waals surface area contributed by atoms with Crippen molar-refractivity contribution in [1.82, 2.24) is 9.88 Å². The molecule has 2 aromatic heterocycles. The van der Waals surface area contributed by atoms with E-state index in [9.17, 15) is 0 Å². The summed E-state index contributed by atoms with van der Waals surface area (Å²) in [5.74, 6) is 0. The number of H-pyrrole nitrogens is 1. The van der Waals surface area contributed by atoms with E-state index in [2.05, 4.69) is 126 Å². The average Bonchev–Trinajstić information content (AvgIpc) is 3.63. The molecule has 0 radical (unpaired) electrons. The number of nitrogens with zero attached hydrogens (tertiary/aromatic N) is 1. The molecule has 0 aliphatic carbocycles. The molecule has 4 N–H and O–H groups in total. The predicted molar refractivity (Wildman–Crippen MR) is 170 cm³/mol. The van der Waals surface area contributed by atoms with Gasteiger partial charge in [-0.1, -0.05) is 73.7 Å². The van der Waals surface area contributed by atoms with E-state index in [0.29, 0.717) is 0 Å². The maximum Gasteiger partial charge on any atom is 0.0584 e. The SMILES string of the molecule is CCCN(CCc1c[nH]c2ccccc12)Cc1ccc(/C=C/C(C)Nc2cc(-c3cccs3)ccc2N)cc1. The molecular formula is C34H38N4S. The lowest BCUT2D eigenvalue weighted by Gasteiger charge is -2.22. The highest BCUT2D eigenvalue weighted by Gasteiger charge is 2.09. The van der Waals surface area contributed by atoms with Crippen LogP contribution in [0.5, 0.6) is 0 Å². The van der Waals surface area contributed by atoms with E-state index < -0.39 is 0 Å². The molecular weight excluding hydrogens is 496 g/mol. The van der Waals surface area contributed by atoms with Crippen molar-refractivity contribution < 1.29 is 0 Å². The number of anilines is 2. The Morgan fingerprint density at radius 2 is 1.85 bits per heavy atom. The Labute approximate surface area is 236 Å². The van der Waals surface area contributed by atoms with Crippen LogP contribution in [0.2, 0.25) is 0 Å². The van der Waals surface area contributed by atoms with Crippen LogP contribution in [0.4, 0.5) is 11.4 Å². The number of rotatable bonds is 12. The van der Waals surface area contributed by atoms with Gasteiger partial charge in [-0.2, -0.15) is 0 Å². The Morgan fingerprint density at radius 3 is 2.64 bits per heavy atom. The molecule has 5 heteroatoms. The molecule has 0 amide bonds. The van der Waals surface area contributed by atoms with Crippen LogP contribution in [0.15, 0.2) is 96.5 Å². The average molecular weight is 535 g/mol. The molecule has 5 aromatic rings. The molecule has 0 saturated carbocycles. The zero-order valence-corrected chi connectivity index (χ0v) is 23.7. The van der Waals surface area contributed by atoms with E-state index in [1.54, 1.807) is 11.3 Å². The topological polar surface area (TPSA) is 57.1 Å². The first kappa shape index (κ1) is 26.8. The zero-order chi connectivity index (χ0) is 27.0. The highest BCUT2D eigenvalue weighted by atomic mass is 32.1. The van der Waals surface area contributed by atoms with Crippen LogP contribution in [0, 0.1) is 0 Å². The number of hydrogen-bond donors (Lipinski definition) is 3. The number of benzene rings is 3. The summed E-state index contributed by atoms with van der Waals surface area (Å²) in [6.45, 7) is 7.53. The predicted octanol–water partition coefficient (Wildman–Crippen LogP) is 8.45. The fraction of sp³-hybridized carbons (Fsp3) is 0.235. The number of aromatic nitrogens is 1. The monoisotopic (exact) mass is 534 g/mol. The van der Waals surface area contributed by atoms with Gasteiger partial charge in [0.2, 0.25) is 0 Å². The van der Waals surface area contributed by atoms with Gasteiger partial charge in [-0.25, -0.2) is 0 Å². The summed E-state index contributed by atoms with van der Waals surface area (Å²) >= 11 is 1.74. The Hall–Kier alpha value is -3.80. The van der Waals surface area contributed by atoms with Crippen LogP contribution in [0.3, 0.4) is 0 Å². The molecule has 0 fully saturated rings. The van der Waals surface area contributed by atoms with Crippen molar-refractivity contribution in [3.8, 4) is 10.4 Å². The number of nitrogens with two attached hydrogens (primary N) is 1. The van der Waals surface area contributed by atoms with Gasteiger partial charge in [-0.15, -0.1) is 11.3 Å². The maximum atomic E-state index is 6.26. The standard InChI is InChI=1S/C34H38N4S/c1-3-19-38(20-18-29-23-36-32-8-5-4-7-30(29)32)24-27-14-12-26(13-15-27)11-10-25(2)37-33-22-28(16-17-31(33)35)34-9-6-21-39-34/h4-17,21-23,25,36-37H,3,18-20,24,35H2,1-2H3/b11-10+. The fourth-order valence-electron chi connectivity index (χ4n) is 5.02. The Bertz CT molecular complexity index is 1500. The summed E-state index contributed by atoms with van der Waals surface area (Å²) in [6.07, 6.45) is 8.75. The van der Waals surface area contributed by atoms with Gasteiger partial charge in [0.1, 0.15) is 0 Å². The molecule has 5 rings (SSSR count). The molecule has 2 heterocycles. The highest BCUT2D eigenvalue weighted by Crippen LogP contribution is 2.30. The Kier molecular flexibility index (Phi) is 8.82. The van der Waals surface area contributed by atoms with E-state index in [1.807, 2.05) is 6.07 Å². The van der Waals surface area contributed by atoms with Crippen molar-refractivity contribution in [2.75, 3.05) is 24.1 Å². The molecule has 200 valence electrons. The minimum absolute atomic E-state index is 0.148. The van der Waals surface area contributed by atoms with Gasteiger partial charge < -0.3 is 16.0 Å². The quantitative estimate of drug-likeness (QED) is 0.141. The van der Waals surface area contributed by atoms with Crippen molar-refractivity contribution in [2.45, 2.75) is 39.3 Å². The number of fused-ring (bicyclic) bond motifs is 1. The molecule has 39 heavy (non-hydrogen) atoms. The summed E-state index contributed by atoms with van der Waals surface area (Å²) in [5.41, 5.74) is 14.4. The van der Waals surface area contributed by atoms with Crippen LogP contribution in [0.1, 0.15) is 37.0 Å². The Morgan fingerprint density at radius 1 is 1.00 bits per heavy atom. The van der Waals surface area contributed by atoms with E-state index in [0.717, 1.165) is 43.9 Å². The smallest absolute Gasteiger partial charge is 0.0584 e. The normalized spacial score (nSPS) is 12.5. The minimum atomic E-state index is 0.148. The molecule has 3 aromatic carbocycles. The van der Waals surface area contributed by atoms with E-state index in [4.69, 9.17) is 5.73 Å². The first-order valence-corrected chi connectivity index (χ1v) is 14.7. The van der Waals surface area contributed by atoms with Gasteiger partial charge in [0.25, 0.3) is 0 Å². The van der Waals surface area contributed by atoms with Crippen LogP contribution < -0.4 is 11.1 Å². The first-order chi connectivity index (χ1) is 19.1. The summed E-state index contributed by atoms with van der Waals surface area (Å²) in [6, 6.07) is 28.1. The molecule has 1 atom stereocenters. The lowest BCUT2D eigenvalue weighted by atomic mass is 10.1. The molecule has 0 saturated heterocycles. The second kappa shape index (κ2) is 12.8. The zero-order valence-electron chi connectivity index (χ0n) is 22.9. The minimum Gasteiger partial charge on any atom is -0.397 e. The van der Waals surface area contributed by atoms with Crippen molar-refractivity contribution in [3.63, 3.8) is 0 Å². The second-order valence-electron chi connectivity index (χ2n) is 10.2. The van der Waals surface area contributed by atoms with Gasteiger partial charge in [-0.05, 0) is 78.2 Å². The third-order valence-corrected chi connectivity index (χ3v) is 8.04. The lowest BCUT2D eigenvalue weighted by Crippen LogP contribution is -2.26. The number of hydrogen-bond acceptors (Lipinski definition) is 4. The van der Waals surface area contributed by atoms with Gasteiger partial charge >= 0.3 is 0 Å². The molecule has 0 spiro atoms. The van der Waals surface area contributed by atoms with Gasteiger partial charge in [-0.3, -0.25) is 4.90 Å². The van der Waals surface area contributed by atoms with Crippen molar-refractivity contribution in [3.05, 3.63) is 113 Å². The number of para-hydroxylation sites is 1. The molecule has 0 aliphatic heterocycles. The third-order valence-electron chi connectivity index (χ3n) is 7.12. The number of thiophene rings is 1. The Balaban J connectivity index is 1.16. The summed E-state index contributed by atoms with van der Waals surface area (Å²) in [4.78, 5) is 7.22.